The van der Waals surface area contributed by atoms with Crippen molar-refractivity contribution in [1.29, 1.82) is 5.41 Å². The van der Waals surface area contributed by atoms with Crippen molar-refractivity contribution in [2.75, 3.05) is 13.1 Å². The summed E-state index contributed by atoms with van der Waals surface area (Å²) in [7, 11) is 0. The van der Waals surface area contributed by atoms with E-state index in [1.54, 1.807) is 12.4 Å². The lowest BCUT2D eigenvalue weighted by Gasteiger charge is -2.19. The van der Waals surface area contributed by atoms with E-state index in [2.05, 4.69) is 16.8 Å². The number of rotatable bonds is 6. The molecule has 0 spiro atoms. The van der Waals surface area contributed by atoms with Crippen LogP contribution in [0, 0.1) is 5.41 Å². The highest BCUT2D eigenvalue weighted by Crippen LogP contribution is 2.03. The van der Waals surface area contributed by atoms with Crippen LogP contribution >= 0.6 is 0 Å². The third-order valence-electron chi connectivity index (χ3n) is 2.30. The Morgan fingerprint density at radius 1 is 1.47 bits per heavy atom. The molecule has 0 fully saturated rings. The van der Waals surface area contributed by atoms with Crippen LogP contribution in [-0.4, -0.2) is 28.8 Å². The van der Waals surface area contributed by atoms with Crippen molar-refractivity contribution in [3.63, 3.8) is 0 Å². The minimum Gasteiger partial charge on any atom is -0.388 e. The van der Waals surface area contributed by atoms with Gasteiger partial charge in [0.2, 0.25) is 0 Å². The van der Waals surface area contributed by atoms with E-state index in [1.165, 1.54) is 5.56 Å². The monoisotopic (exact) mass is 206 g/mol. The van der Waals surface area contributed by atoms with Crippen LogP contribution in [-0.2, 0) is 6.54 Å². The molecule has 4 nitrogen and oxygen atoms in total. The van der Waals surface area contributed by atoms with Gasteiger partial charge in [0.25, 0.3) is 0 Å². The Morgan fingerprint density at radius 3 is 2.67 bits per heavy atom. The smallest absolute Gasteiger partial charge is 0.0918 e. The van der Waals surface area contributed by atoms with E-state index in [0.717, 1.165) is 19.6 Å². The standard InChI is InChI=1S/C11H18N4/c1-2-15(8-5-11(12)13)9-10-3-6-14-7-4-10/h3-4,6-7H,2,5,8-9H2,1H3,(H3,12,13). The maximum Gasteiger partial charge on any atom is 0.0918 e. The Morgan fingerprint density at radius 2 is 2.13 bits per heavy atom. The van der Waals surface area contributed by atoms with Gasteiger partial charge in [0.15, 0.2) is 0 Å². The molecule has 0 aliphatic heterocycles. The number of nitrogens with one attached hydrogen (secondary N) is 1. The van der Waals surface area contributed by atoms with Gasteiger partial charge < -0.3 is 5.73 Å². The first kappa shape index (κ1) is 11.7. The van der Waals surface area contributed by atoms with Crippen LogP contribution in [0.1, 0.15) is 18.9 Å². The summed E-state index contributed by atoms with van der Waals surface area (Å²) >= 11 is 0. The second-order valence-corrected chi connectivity index (χ2v) is 3.50. The normalized spacial score (nSPS) is 10.5. The van der Waals surface area contributed by atoms with Gasteiger partial charge >= 0.3 is 0 Å². The fourth-order valence-corrected chi connectivity index (χ4v) is 1.37. The molecule has 1 aromatic heterocycles. The predicted octanol–water partition coefficient (Wildman–Crippen LogP) is 1.23. The third kappa shape index (κ3) is 4.56. The number of hydrogen-bond donors (Lipinski definition) is 2. The molecule has 0 atom stereocenters. The summed E-state index contributed by atoms with van der Waals surface area (Å²) in [5, 5.41) is 7.18. The Bertz CT molecular complexity index is 297. The lowest BCUT2D eigenvalue weighted by Crippen LogP contribution is -2.27. The Hall–Kier alpha value is -1.42. The zero-order chi connectivity index (χ0) is 11.1. The second kappa shape index (κ2) is 6.14. The van der Waals surface area contributed by atoms with Crippen LogP contribution in [0.5, 0.6) is 0 Å². The summed E-state index contributed by atoms with van der Waals surface area (Å²) in [5.74, 6) is 0.253. The van der Waals surface area contributed by atoms with Crippen LogP contribution in [0.25, 0.3) is 0 Å². The first-order valence-electron chi connectivity index (χ1n) is 5.16. The Kier molecular flexibility index (Phi) is 4.77. The van der Waals surface area contributed by atoms with Gasteiger partial charge in [0, 0.05) is 31.9 Å². The molecule has 1 rings (SSSR count). The quantitative estimate of drug-likeness (QED) is 0.543. The zero-order valence-electron chi connectivity index (χ0n) is 9.11. The van der Waals surface area contributed by atoms with E-state index in [0.29, 0.717) is 6.42 Å². The molecule has 82 valence electrons. The number of amidine groups is 1. The highest BCUT2D eigenvalue weighted by atomic mass is 15.1. The lowest BCUT2D eigenvalue weighted by atomic mass is 10.2. The minimum atomic E-state index is 0.253. The maximum atomic E-state index is 7.18. The first-order chi connectivity index (χ1) is 7.22. The number of aromatic nitrogens is 1. The van der Waals surface area contributed by atoms with Gasteiger partial charge in [0.05, 0.1) is 5.84 Å². The SMILES string of the molecule is CCN(CCC(=N)N)Cc1ccncc1. The lowest BCUT2D eigenvalue weighted by molar-refractivity contribution is 0.288. The van der Waals surface area contributed by atoms with Crippen molar-refractivity contribution in [3.8, 4) is 0 Å². The second-order valence-electron chi connectivity index (χ2n) is 3.50. The van der Waals surface area contributed by atoms with Crippen molar-refractivity contribution in [2.45, 2.75) is 19.9 Å². The molecule has 0 aliphatic carbocycles. The largest absolute Gasteiger partial charge is 0.388 e. The van der Waals surface area contributed by atoms with Crippen LogP contribution in [0.3, 0.4) is 0 Å². The van der Waals surface area contributed by atoms with E-state index < -0.39 is 0 Å². The summed E-state index contributed by atoms with van der Waals surface area (Å²) in [5.41, 5.74) is 6.58. The van der Waals surface area contributed by atoms with Gasteiger partial charge in [-0.1, -0.05) is 6.92 Å². The average Bonchev–Trinajstić information content (AvgIpc) is 2.25. The fourth-order valence-electron chi connectivity index (χ4n) is 1.37. The molecule has 0 amide bonds. The van der Waals surface area contributed by atoms with Gasteiger partial charge in [-0.2, -0.15) is 0 Å². The minimum absolute atomic E-state index is 0.253. The molecule has 0 aliphatic rings. The summed E-state index contributed by atoms with van der Waals surface area (Å²) < 4.78 is 0. The molecule has 1 aromatic rings. The molecular weight excluding hydrogens is 188 g/mol. The summed E-state index contributed by atoms with van der Waals surface area (Å²) in [6.45, 7) is 4.82. The van der Waals surface area contributed by atoms with Crippen molar-refractivity contribution >= 4 is 5.84 Å². The summed E-state index contributed by atoms with van der Waals surface area (Å²) in [4.78, 5) is 6.24. The molecule has 0 bridgehead atoms. The van der Waals surface area contributed by atoms with E-state index in [4.69, 9.17) is 11.1 Å². The highest BCUT2D eigenvalue weighted by molar-refractivity contribution is 5.76. The maximum absolute atomic E-state index is 7.18. The Labute approximate surface area is 90.6 Å². The van der Waals surface area contributed by atoms with Crippen LogP contribution < -0.4 is 5.73 Å². The van der Waals surface area contributed by atoms with Gasteiger partial charge in [-0.25, -0.2) is 0 Å². The molecular formula is C11H18N4. The summed E-state index contributed by atoms with van der Waals surface area (Å²) in [6.07, 6.45) is 4.24. The van der Waals surface area contributed by atoms with Gasteiger partial charge in [-0.15, -0.1) is 0 Å². The van der Waals surface area contributed by atoms with Crippen molar-refractivity contribution < 1.29 is 0 Å². The van der Waals surface area contributed by atoms with Crippen molar-refractivity contribution in [1.82, 2.24) is 9.88 Å². The van der Waals surface area contributed by atoms with Crippen molar-refractivity contribution in [2.24, 2.45) is 5.73 Å². The van der Waals surface area contributed by atoms with E-state index in [1.807, 2.05) is 12.1 Å². The molecule has 1 heterocycles. The summed E-state index contributed by atoms with van der Waals surface area (Å²) in [6, 6.07) is 4.02. The molecule has 0 unspecified atom stereocenters. The zero-order valence-corrected chi connectivity index (χ0v) is 9.11. The predicted molar refractivity (Wildman–Crippen MR) is 61.7 cm³/mol. The number of hydrogen-bond acceptors (Lipinski definition) is 3. The molecule has 0 saturated heterocycles. The first-order valence-corrected chi connectivity index (χ1v) is 5.16. The van der Waals surface area contributed by atoms with E-state index in [9.17, 15) is 0 Å². The van der Waals surface area contributed by atoms with Crippen molar-refractivity contribution in [3.05, 3.63) is 30.1 Å². The highest BCUT2D eigenvalue weighted by Gasteiger charge is 2.03. The number of nitrogens with two attached hydrogens (primary N) is 1. The molecule has 0 radical (unpaired) electrons. The molecule has 4 heteroatoms. The third-order valence-corrected chi connectivity index (χ3v) is 2.30. The fraction of sp³-hybridized carbons (Fsp3) is 0.455. The number of pyridine rings is 1. The van der Waals surface area contributed by atoms with Gasteiger partial charge in [-0.05, 0) is 24.2 Å². The van der Waals surface area contributed by atoms with Gasteiger partial charge in [0.1, 0.15) is 0 Å². The molecule has 0 saturated carbocycles. The number of nitrogens with zero attached hydrogens (tertiary/aromatic N) is 2. The molecule has 3 N–H and O–H groups in total. The van der Waals surface area contributed by atoms with Crippen LogP contribution in [0.2, 0.25) is 0 Å². The average molecular weight is 206 g/mol. The van der Waals surface area contributed by atoms with Gasteiger partial charge in [-0.3, -0.25) is 15.3 Å². The van der Waals surface area contributed by atoms with Crippen LogP contribution in [0.4, 0.5) is 0 Å². The van der Waals surface area contributed by atoms with Crippen LogP contribution in [0.15, 0.2) is 24.5 Å². The molecule has 15 heavy (non-hydrogen) atoms. The molecule has 0 aromatic carbocycles. The topological polar surface area (TPSA) is 66.0 Å². The Balaban J connectivity index is 2.43. The van der Waals surface area contributed by atoms with E-state index >= 15 is 0 Å². The van der Waals surface area contributed by atoms with E-state index in [-0.39, 0.29) is 5.84 Å².